The van der Waals surface area contributed by atoms with E-state index in [4.69, 9.17) is 9.47 Å². The average molecular weight is 594 g/mol. The molecule has 42 heavy (non-hydrogen) atoms. The van der Waals surface area contributed by atoms with E-state index in [1.165, 1.54) is 18.5 Å². The van der Waals surface area contributed by atoms with Gasteiger partial charge in [0.15, 0.2) is 0 Å². The Morgan fingerprint density at radius 1 is 1.17 bits per heavy atom. The maximum atomic E-state index is 13.4. The Morgan fingerprint density at radius 3 is 2.69 bits per heavy atom. The second-order valence-electron chi connectivity index (χ2n) is 11.9. The third-order valence-electron chi connectivity index (χ3n) is 8.85. The monoisotopic (exact) mass is 593 g/mol. The first-order chi connectivity index (χ1) is 20.2. The summed E-state index contributed by atoms with van der Waals surface area (Å²) in [5.41, 5.74) is 1.12. The van der Waals surface area contributed by atoms with E-state index in [2.05, 4.69) is 32.3 Å². The number of piperidine rings is 1. The van der Waals surface area contributed by atoms with Crippen LogP contribution in [0.15, 0.2) is 30.3 Å². The molecular formula is C30H42F3N5O4. The number of anilines is 1. The van der Waals surface area contributed by atoms with E-state index in [9.17, 15) is 18.0 Å². The number of nitrogens with zero attached hydrogens (tertiary/aromatic N) is 3. The summed E-state index contributed by atoms with van der Waals surface area (Å²) >= 11 is 0. The Morgan fingerprint density at radius 2 is 1.98 bits per heavy atom. The standard InChI is InChI=1S/C30H42F3N5O4/c1-19-17-40-15-12-25(19)37-22-10-13-38(14-11-22)29(39)27-20(2)28(36-18-35-27)34-16-24-4-3-5-26(41-24)21-6-8-23(9-7-21)42-30(31,32)33/h6,8-9,18-19,21-22,24-26,37H,3-5,7,10-17H2,1-2H3,(H,34,35,36)/t19-,21?,24+,25+,26-/m0/s1. The zero-order valence-electron chi connectivity index (χ0n) is 24.4. The van der Waals surface area contributed by atoms with Crippen LogP contribution in [0.4, 0.5) is 19.0 Å². The molecule has 1 aromatic rings. The lowest BCUT2D eigenvalue weighted by Gasteiger charge is -2.37. The number of ether oxygens (including phenoxy) is 3. The van der Waals surface area contributed by atoms with Crippen LogP contribution in [-0.2, 0) is 14.2 Å². The first-order valence-electron chi connectivity index (χ1n) is 15.1. The molecule has 5 rings (SSSR count). The molecular weight excluding hydrogens is 551 g/mol. The Kier molecular flexibility index (Phi) is 10.1. The molecule has 1 aromatic heterocycles. The van der Waals surface area contributed by atoms with E-state index in [1.54, 1.807) is 6.08 Å². The number of alkyl halides is 3. The normalized spacial score (nSPS) is 29.2. The highest BCUT2D eigenvalue weighted by Crippen LogP contribution is 2.32. The number of carbonyl (C=O) groups excluding carboxylic acids is 1. The quantitative estimate of drug-likeness (QED) is 0.446. The molecule has 2 N–H and O–H groups in total. The summed E-state index contributed by atoms with van der Waals surface area (Å²) in [7, 11) is 0. The fourth-order valence-electron chi connectivity index (χ4n) is 6.38. The summed E-state index contributed by atoms with van der Waals surface area (Å²) in [6.45, 7) is 7.57. The molecule has 1 amide bonds. The summed E-state index contributed by atoms with van der Waals surface area (Å²) in [5, 5.41) is 7.14. The van der Waals surface area contributed by atoms with Crippen LogP contribution in [0.1, 0.15) is 67.9 Å². The van der Waals surface area contributed by atoms with Gasteiger partial charge in [0.1, 0.15) is 23.6 Å². The third-order valence-corrected chi connectivity index (χ3v) is 8.85. The molecule has 0 radical (unpaired) electrons. The fraction of sp³-hybridized carbons (Fsp3) is 0.700. The minimum absolute atomic E-state index is 0.00202. The van der Waals surface area contributed by atoms with Crippen molar-refractivity contribution in [2.24, 2.45) is 11.8 Å². The zero-order valence-corrected chi connectivity index (χ0v) is 24.4. The largest absolute Gasteiger partial charge is 0.573 e. The molecule has 9 nitrogen and oxygen atoms in total. The van der Waals surface area contributed by atoms with E-state index in [0.717, 1.165) is 51.7 Å². The second-order valence-corrected chi connectivity index (χ2v) is 11.9. The summed E-state index contributed by atoms with van der Waals surface area (Å²) in [5.74, 6) is 0.851. The van der Waals surface area contributed by atoms with Gasteiger partial charge in [-0.2, -0.15) is 0 Å². The Labute approximate surface area is 245 Å². The Balaban J connectivity index is 1.10. The number of likely N-dealkylation sites (tertiary alicyclic amines) is 1. The molecule has 232 valence electrons. The van der Waals surface area contributed by atoms with E-state index in [1.807, 2.05) is 11.8 Å². The fourth-order valence-corrected chi connectivity index (χ4v) is 6.38. The lowest BCUT2D eigenvalue weighted by atomic mass is 9.88. The molecule has 1 aliphatic carbocycles. The van der Waals surface area contributed by atoms with Crippen molar-refractivity contribution in [2.75, 3.05) is 38.2 Å². The Hall–Kier alpha value is -2.70. The van der Waals surface area contributed by atoms with Crippen molar-refractivity contribution in [3.8, 4) is 0 Å². The van der Waals surface area contributed by atoms with Gasteiger partial charge in [-0.05, 0) is 69.9 Å². The van der Waals surface area contributed by atoms with E-state index in [0.29, 0.717) is 61.1 Å². The number of halogens is 3. The van der Waals surface area contributed by atoms with Gasteiger partial charge in [-0.1, -0.05) is 13.0 Å². The van der Waals surface area contributed by atoms with Crippen LogP contribution >= 0.6 is 0 Å². The van der Waals surface area contributed by atoms with Gasteiger partial charge in [-0.3, -0.25) is 4.79 Å². The maximum absolute atomic E-state index is 13.4. The average Bonchev–Trinajstić information content (AvgIpc) is 2.98. The topological polar surface area (TPSA) is 97.8 Å². The molecule has 0 bridgehead atoms. The predicted molar refractivity (Wildman–Crippen MR) is 151 cm³/mol. The van der Waals surface area contributed by atoms with Gasteiger partial charge in [-0.25, -0.2) is 9.97 Å². The molecule has 4 aliphatic rings. The SMILES string of the molecule is Cc1c(NC[C@H]2CCC[C@@H](C3C=CC(OC(F)(F)F)=CC3)O2)ncnc1C(=O)N1CCC(N[C@@H]2CCOC[C@@H]2C)CC1. The van der Waals surface area contributed by atoms with E-state index in [-0.39, 0.29) is 29.8 Å². The Bertz CT molecular complexity index is 1140. The minimum atomic E-state index is -4.69. The van der Waals surface area contributed by atoms with Crippen LogP contribution in [0.3, 0.4) is 0 Å². The molecule has 4 heterocycles. The van der Waals surface area contributed by atoms with Crippen molar-refractivity contribution >= 4 is 11.7 Å². The van der Waals surface area contributed by atoms with E-state index >= 15 is 0 Å². The van der Waals surface area contributed by atoms with Crippen LogP contribution < -0.4 is 10.6 Å². The molecule has 3 fully saturated rings. The van der Waals surface area contributed by atoms with Gasteiger partial charge in [0.05, 0.1) is 18.8 Å². The first kappa shape index (κ1) is 30.7. The molecule has 5 atom stereocenters. The van der Waals surface area contributed by atoms with Gasteiger partial charge < -0.3 is 29.7 Å². The lowest BCUT2D eigenvalue weighted by molar-refractivity contribution is -0.303. The van der Waals surface area contributed by atoms with Crippen LogP contribution in [0.2, 0.25) is 0 Å². The van der Waals surface area contributed by atoms with Crippen molar-refractivity contribution in [1.82, 2.24) is 20.2 Å². The second kappa shape index (κ2) is 13.7. The number of hydrogen-bond acceptors (Lipinski definition) is 8. The lowest BCUT2D eigenvalue weighted by Crippen LogP contribution is -2.51. The van der Waals surface area contributed by atoms with Crippen LogP contribution in [-0.4, -0.2) is 84.3 Å². The zero-order chi connectivity index (χ0) is 29.7. The molecule has 3 saturated heterocycles. The van der Waals surface area contributed by atoms with Gasteiger partial charge in [-0.15, -0.1) is 13.2 Å². The summed E-state index contributed by atoms with van der Waals surface area (Å²) in [6, 6.07) is 0.867. The number of rotatable bonds is 8. The van der Waals surface area contributed by atoms with Crippen molar-refractivity contribution in [3.63, 3.8) is 0 Å². The van der Waals surface area contributed by atoms with Crippen LogP contribution in [0, 0.1) is 18.8 Å². The van der Waals surface area contributed by atoms with E-state index < -0.39 is 6.36 Å². The maximum Gasteiger partial charge on any atom is 0.573 e. The molecule has 0 spiro atoms. The molecule has 12 heteroatoms. The van der Waals surface area contributed by atoms with Gasteiger partial charge in [0.25, 0.3) is 5.91 Å². The van der Waals surface area contributed by atoms with Crippen LogP contribution in [0.25, 0.3) is 0 Å². The smallest absolute Gasteiger partial charge is 0.406 e. The molecule has 3 aliphatic heterocycles. The summed E-state index contributed by atoms with van der Waals surface area (Å²) in [6.07, 6.45) is 7.13. The van der Waals surface area contributed by atoms with Crippen molar-refractivity contribution in [3.05, 3.63) is 41.6 Å². The number of aromatic nitrogens is 2. The highest BCUT2D eigenvalue weighted by atomic mass is 19.4. The van der Waals surface area contributed by atoms with Crippen LogP contribution in [0.5, 0.6) is 0 Å². The minimum Gasteiger partial charge on any atom is -0.406 e. The third kappa shape index (κ3) is 8.02. The number of allylic oxidation sites excluding steroid dienone is 2. The highest BCUT2D eigenvalue weighted by Gasteiger charge is 2.34. The first-order valence-corrected chi connectivity index (χ1v) is 15.1. The van der Waals surface area contributed by atoms with Gasteiger partial charge >= 0.3 is 6.36 Å². The number of hydrogen-bond donors (Lipinski definition) is 2. The highest BCUT2D eigenvalue weighted by molar-refractivity contribution is 5.94. The van der Waals surface area contributed by atoms with Gasteiger partial charge in [0.2, 0.25) is 0 Å². The number of nitrogens with one attached hydrogen (secondary N) is 2. The van der Waals surface area contributed by atoms with Gasteiger partial charge in [0, 0.05) is 49.8 Å². The van der Waals surface area contributed by atoms with Crippen molar-refractivity contribution < 1.29 is 32.2 Å². The number of carbonyl (C=O) groups is 1. The van der Waals surface area contributed by atoms with Crippen molar-refractivity contribution in [2.45, 2.75) is 89.4 Å². The molecule has 1 unspecified atom stereocenters. The number of amides is 1. The molecule has 0 saturated carbocycles. The molecule has 0 aromatic carbocycles. The predicted octanol–water partition coefficient (Wildman–Crippen LogP) is 4.75. The van der Waals surface area contributed by atoms with Crippen molar-refractivity contribution in [1.29, 1.82) is 0 Å². The summed E-state index contributed by atoms with van der Waals surface area (Å²) < 4.78 is 53.4. The summed E-state index contributed by atoms with van der Waals surface area (Å²) in [4.78, 5) is 24.0.